The van der Waals surface area contributed by atoms with Gasteiger partial charge in [-0.3, -0.25) is 0 Å². The standard InChI is InChI=1S/C6H7OS/c1-5-3-8-4-6(5)7-2/h3H,1-2H3. The van der Waals surface area contributed by atoms with E-state index in [1.807, 2.05) is 12.3 Å². The molecule has 1 radical (unpaired) electrons. The predicted molar refractivity (Wildman–Crippen MR) is 34.4 cm³/mol. The molecule has 8 heavy (non-hydrogen) atoms. The fraction of sp³-hybridized carbons (Fsp3) is 0.333. The SMILES string of the molecule is COc1[c]scc1C. The van der Waals surface area contributed by atoms with Crippen LogP contribution in [0.2, 0.25) is 0 Å². The number of hydrogen-bond acceptors (Lipinski definition) is 2. The molecule has 0 spiro atoms. The molecule has 1 nitrogen and oxygen atoms in total. The second kappa shape index (κ2) is 2.18. The topological polar surface area (TPSA) is 9.23 Å². The van der Waals surface area contributed by atoms with Crippen molar-refractivity contribution in [2.24, 2.45) is 0 Å². The van der Waals surface area contributed by atoms with Crippen LogP contribution < -0.4 is 4.74 Å². The molecule has 0 aliphatic rings. The summed E-state index contributed by atoms with van der Waals surface area (Å²) in [6.45, 7) is 2.01. The van der Waals surface area contributed by atoms with Crippen LogP contribution >= 0.6 is 11.3 Å². The molecule has 0 unspecified atom stereocenters. The Morgan fingerprint density at radius 2 is 2.50 bits per heavy atom. The summed E-state index contributed by atoms with van der Waals surface area (Å²) in [5, 5.41) is 4.99. The molecular weight excluding hydrogens is 120 g/mol. The molecule has 1 aromatic rings. The molecule has 0 bridgehead atoms. The van der Waals surface area contributed by atoms with Gasteiger partial charge in [0.15, 0.2) is 0 Å². The molecule has 0 aliphatic heterocycles. The van der Waals surface area contributed by atoms with Gasteiger partial charge >= 0.3 is 0 Å². The van der Waals surface area contributed by atoms with E-state index >= 15 is 0 Å². The zero-order valence-electron chi connectivity index (χ0n) is 4.89. The van der Waals surface area contributed by atoms with E-state index in [2.05, 4.69) is 5.38 Å². The highest BCUT2D eigenvalue weighted by molar-refractivity contribution is 7.07. The van der Waals surface area contributed by atoms with Crippen LogP contribution in [0, 0.1) is 12.3 Å². The first-order valence-electron chi connectivity index (χ1n) is 2.34. The van der Waals surface area contributed by atoms with E-state index in [9.17, 15) is 0 Å². The molecule has 1 heterocycles. The summed E-state index contributed by atoms with van der Waals surface area (Å²) < 4.78 is 4.94. The van der Waals surface area contributed by atoms with Gasteiger partial charge in [-0.25, -0.2) is 0 Å². The molecule has 43 valence electrons. The monoisotopic (exact) mass is 127 g/mol. The van der Waals surface area contributed by atoms with E-state index in [1.54, 1.807) is 18.4 Å². The summed E-state index contributed by atoms with van der Waals surface area (Å²) in [5.74, 6) is 0.870. The van der Waals surface area contributed by atoms with Crippen molar-refractivity contribution in [1.82, 2.24) is 0 Å². The average Bonchev–Trinajstić information content (AvgIpc) is 2.14. The van der Waals surface area contributed by atoms with Crippen LogP contribution in [-0.2, 0) is 0 Å². The van der Waals surface area contributed by atoms with Crippen molar-refractivity contribution in [3.05, 3.63) is 16.3 Å². The lowest BCUT2D eigenvalue weighted by atomic mass is 10.4. The van der Waals surface area contributed by atoms with Gasteiger partial charge in [-0.2, -0.15) is 0 Å². The summed E-state index contributed by atoms with van der Waals surface area (Å²) in [5.41, 5.74) is 1.16. The Bertz CT molecular complexity index is 169. The summed E-state index contributed by atoms with van der Waals surface area (Å²) in [4.78, 5) is 0. The number of thiophene rings is 1. The molecular formula is C6H7OS. The van der Waals surface area contributed by atoms with Crippen LogP contribution in [0.1, 0.15) is 5.56 Å². The normalized spacial score (nSPS) is 9.25. The zero-order chi connectivity index (χ0) is 5.98. The number of aryl methyl sites for hydroxylation is 1. The molecule has 1 aromatic heterocycles. The van der Waals surface area contributed by atoms with Crippen LogP contribution in [0.15, 0.2) is 5.38 Å². The van der Waals surface area contributed by atoms with Crippen LogP contribution in [0.4, 0.5) is 0 Å². The first-order valence-corrected chi connectivity index (χ1v) is 3.22. The fourth-order valence-corrected chi connectivity index (χ4v) is 1.20. The lowest BCUT2D eigenvalue weighted by Crippen LogP contribution is -1.79. The third-order valence-corrected chi connectivity index (χ3v) is 1.72. The number of methoxy groups -OCH3 is 1. The summed E-state index contributed by atoms with van der Waals surface area (Å²) in [7, 11) is 1.66. The minimum absolute atomic E-state index is 0.870. The van der Waals surface area contributed by atoms with Crippen molar-refractivity contribution < 1.29 is 4.74 Å². The Labute approximate surface area is 52.9 Å². The Balaban J connectivity index is 2.92. The molecule has 0 saturated carbocycles. The summed E-state index contributed by atoms with van der Waals surface area (Å²) in [6, 6.07) is 0. The third kappa shape index (κ3) is 0.842. The van der Waals surface area contributed by atoms with E-state index in [-0.39, 0.29) is 0 Å². The molecule has 0 saturated heterocycles. The second-order valence-corrected chi connectivity index (χ2v) is 2.23. The van der Waals surface area contributed by atoms with Gasteiger partial charge < -0.3 is 4.74 Å². The van der Waals surface area contributed by atoms with Gasteiger partial charge in [-0.05, 0) is 12.3 Å². The lowest BCUT2D eigenvalue weighted by Gasteiger charge is -1.92. The Morgan fingerprint density at radius 3 is 2.75 bits per heavy atom. The van der Waals surface area contributed by atoms with Gasteiger partial charge in [0.2, 0.25) is 0 Å². The summed E-state index contributed by atoms with van der Waals surface area (Å²) >= 11 is 1.54. The number of ether oxygens (including phenoxy) is 1. The van der Waals surface area contributed by atoms with Gasteiger partial charge in [0.1, 0.15) is 5.75 Å². The lowest BCUT2D eigenvalue weighted by molar-refractivity contribution is 0.413. The Hall–Kier alpha value is -0.500. The van der Waals surface area contributed by atoms with Crippen molar-refractivity contribution in [3.63, 3.8) is 0 Å². The van der Waals surface area contributed by atoms with Crippen molar-refractivity contribution in [1.29, 1.82) is 0 Å². The van der Waals surface area contributed by atoms with Gasteiger partial charge in [0.25, 0.3) is 0 Å². The van der Waals surface area contributed by atoms with Gasteiger partial charge in [-0.15, -0.1) is 11.3 Å². The van der Waals surface area contributed by atoms with E-state index in [1.165, 1.54) is 0 Å². The van der Waals surface area contributed by atoms with Crippen LogP contribution in [0.5, 0.6) is 5.75 Å². The Morgan fingerprint density at radius 1 is 1.75 bits per heavy atom. The van der Waals surface area contributed by atoms with Gasteiger partial charge in [-0.1, -0.05) is 0 Å². The number of hydrogen-bond donors (Lipinski definition) is 0. The van der Waals surface area contributed by atoms with Crippen molar-refractivity contribution >= 4 is 11.3 Å². The molecule has 0 fully saturated rings. The quantitative estimate of drug-likeness (QED) is 0.559. The highest BCUT2D eigenvalue weighted by atomic mass is 32.1. The maximum atomic E-state index is 4.94. The molecule has 1 rings (SSSR count). The first-order chi connectivity index (χ1) is 3.84. The van der Waals surface area contributed by atoms with Crippen molar-refractivity contribution in [2.75, 3.05) is 7.11 Å². The van der Waals surface area contributed by atoms with Crippen molar-refractivity contribution in [2.45, 2.75) is 6.92 Å². The average molecular weight is 127 g/mol. The maximum Gasteiger partial charge on any atom is 0.141 e. The summed E-state index contributed by atoms with van der Waals surface area (Å²) in [6.07, 6.45) is 0. The third-order valence-electron chi connectivity index (χ3n) is 0.950. The predicted octanol–water partition coefficient (Wildman–Crippen LogP) is 1.87. The van der Waals surface area contributed by atoms with E-state index in [0.717, 1.165) is 11.3 Å². The molecule has 0 aromatic carbocycles. The van der Waals surface area contributed by atoms with Gasteiger partial charge in [0.05, 0.1) is 12.5 Å². The van der Waals surface area contributed by atoms with E-state index in [4.69, 9.17) is 4.74 Å². The number of rotatable bonds is 1. The Kier molecular flexibility index (Phi) is 1.53. The van der Waals surface area contributed by atoms with E-state index < -0.39 is 0 Å². The highest BCUT2D eigenvalue weighted by Gasteiger charge is 1.94. The maximum absolute atomic E-state index is 4.94. The molecule has 0 atom stereocenters. The van der Waals surface area contributed by atoms with Crippen LogP contribution in [0.25, 0.3) is 0 Å². The van der Waals surface area contributed by atoms with E-state index in [0.29, 0.717) is 0 Å². The zero-order valence-corrected chi connectivity index (χ0v) is 5.71. The van der Waals surface area contributed by atoms with Crippen LogP contribution in [-0.4, -0.2) is 7.11 Å². The van der Waals surface area contributed by atoms with Crippen LogP contribution in [0.3, 0.4) is 0 Å². The molecule has 0 aliphatic carbocycles. The second-order valence-electron chi connectivity index (χ2n) is 1.55. The molecule has 0 amide bonds. The van der Waals surface area contributed by atoms with Crippen molar-refractivity contribution in [3.8, 4) is 5.75 Å². The minimum Gasteiger partial charge on any atom is -0.495 e. The molecule has 2 heteroatoms. The smallest absolute Gasteiger partial charge is 0.141 e. The fourth-order valence-electron chi connectivity index (χ4n) is 0.508. The largest absolute Gasteiger partial charge is 0.495 e. The minimum atomic E-state index is 0.870. The van der Waals surface area contributed by atoms with Gasteiger partial charge in [0, 0.05) is 5.56 Å². The highest BCUT2D eigenvalue weighted by Crippen LogP contribution is 2.19. The first kappa shape index (κ1) is 5.63. The molecule has 0 N–H and O–H groups in total.